The minimum Gasteiger partial charge on any atom is -0.481 e. The molecule has 0 spiro atoms. The zero-order valence-electron chi connectivity index (χ0n) is 14.2. The summed E-state index contributed by atoms with van der Waals surface area (Å²) in [6.45, 7) is -0.329. The number of benzene rings is 1. The lowest BCUT2D eigenvalue weighted by atomic mass is 9.96. The lowest BCUT2D eigenvalue weighted by Gasteiger charge is -2.37. The Hall–Kier alpha value is -2.15. The second-order valence-electron chi connectivity index (χ2n) is 6.60. The number of aliphatic hydroxyl groups is 1. The van der Waals surface area contributed by atoms with E-state index in [9.17, 15) is 19.1 Å². The number of aliphatic carboxylic acids is 1. The largest absolute Gasteiger partial charge is 0.481 e. The summed E-state index contributed by atoms with van der Waals surface area (Å²) >= 11 is 0. The molecular weight excluding hydrogens is 327 g/mol. The van der Waals surface area contributed by atoms with E-state index in [1.54, 1.807) is 0 Å². The van der Waals surface area contributed by atoms with Crippen molar-refractivity contribution in [1.82, 2.24) is 10.2 Å². The summed E-state index contributed by atoms with van der Waals surface area (Å²) in [5.74, 6) is -0.923. The highest BCUT2D eigenvalue weighted by molar-refractivity contribution is 5.75. The number of nitrogens with one attached hydrogen (secondary N) is 1. The number of amides is 2. The molecule has 7 heteroatoms. The van der Waals surface area contributed by atoms with Gasteiger partial charge in [-0.15, -0.1) is 0 Å². The quantitative estimate of drug-likeness (QED) is 0.700. The van der Waals surface area contributed by atoms with Crippen LogP contribution in [0.25, 0.3) is 0 Å². The maximum Gasteiger partial charge on any atom is 0.317 e. The molecule has 1 aromatic rings. The maximum absolute atomic E-state index is 14.3. The molecule has 6 nitrogen and oxygen atoms in total. The van der Waals surface area contributed by atoms with Crippen molar-refractivity contribution in [2.75, 3.05) is 19.7 Å². The average molecular weight is 352 g/mol. The number of aliphatic hydroxyl groups excluding tert-OH is 1. The standard InChI is InChI=1S/C18H25FN2O4/c19-18(13-22)9-4-10-21(12-18)17(25)20-15(7-8-16(23)24)11-14-5-2-1-3-6-14/h1-3,5-6,15,22H,4,7-13H2,(H,20,25)(H,23,24). The van der Waals surface area contributed by atoms with Crippen LogP contribution in [-0.4, -0.2) is 58.5 Å². The fraction of sp³-hybridized carbons (Fsp3) is 0.556. The van der Waals surface area contributed by atoms with Crippen LogP contribution in [0.1, 0.15) is 31.2 Å². The van der Waals surface area contributed by atoms with Gasteiger partial charge in [0.1, 0.15) is 0 Å². The summed E-state index contributed by atoms with van der Waals surface area (Å²) in [4.78, 5) is 24.7. The van der Waals surface area contributed by atoms with Crippen molar-refractivity contribution >= 4 is 12.0 Å². The molecule has 1 fully saturated rings. The van der Waals surface area contributed by atoms with E-state index < -0.39 is 24.3 Å². The third-order valence-electron chi connectivity index (χ3n) is 4.46. The van der Waals surface area contributed by atoms with Crippen molar-refractivity contribution in [3.63, 3.8) is 0 Å². The maximum atomic E-state index is 14.3. The zero-order chi connectivity index (χ0) is 18.3. The number of nitrogens with zero attached hydrogens (tertiary/aromatic N) is 1. The summed E-state index contributed by atoms with van der Waals surface area (Å²) in [5.41, 5.74) is -0.766. The van der Waals surface area contributed by atoms with Crippen molar-refractivity contribution in [1.29, 1.82) is 0 Å². The van der Waals surface area contributed by atoms with Crippen LogP contribution in [0.3, 0.4) is 0 Å². The molecule has 2 atom stereocenters. The van der Waals surface area contributed by atoms with Crippen LogP contribution >= 0.6 is 0 Å². The Morgan fingerprint density at radius 3 is 2.68 bits per heavy atom. The van der Waals surface area contributed by atoms with Crippen LogP contribution < -0.4 is 5.32 Å². The third kappa shape index (κ3) is 6.01. The number of hydrogen-bond acceptors (Lipinski definition) is 3. The van der Waals surface area contributed by atoms with E-state index in [4.69, 9.17) is 5.11 Å². The lowest BCUT2D eigenvalue weighted by molar-refractivity contribution is -0.137. The molecule has 0 bridgehead atoms. The van der Waals surface area contributed by atoms with Gasteiger partial charge in [-0.25, -0.2) is 9.18 Å². The van der Waals surface area contributed by atoms with Crippen molar-refractivity contribution in [2.45, 2.75) is 43.8 Å². The van der Waals surface area contributed by atoms with Gasteiger partial charge in [0.05, 0.1) is 13.2 Å². The van der Waals surface area contributed by atoms with Crippen LogP contribution in [0.4, 0.5) is 9.18 Å². The van der Waals surface area contributed by atoms with Gasteiger partial charge in [0.2, 0.25) is 0 Å². The molecule has 3 N–H and O–H groups in total. The monoisotopic (exact) mass is 352 g/mol. The summed E-state index contributed by atoms with van der Waals surface area (Å²) in [6.07, 6.45) is 1.48. The van der Waals surface area contributed by atoms with E-state index in [-0.39, 0.29) is 25.4 Å². The number of piperidine rings is 1. The highest BCUT2D eigenvalue weighted by Gasteiger charge is 2.37. The van der Waals surface area contributed by atoms with E-state index in [0.717, 1.165) is 5.56 Å². The Morgan fingerprint density at radius 1 is 1.32 bits per heavy atom. The summed E-state index contributed by atoms with van der Waals surface area (Å²) < 4.78 is 14.3. The Bertz CT molecular complexity index is 584. The van der Waals surface area contributed by atoms with Gasteiger partial charge < -0.3 is 20.4 Å². The second kappa shape index (κ2) is 8.80. The Labute approximate surface area is 146 Å². The molecule has 1 aliphatic rings. The first kappa shape index (κ1) is 19.2. The van der Waals surface area contributed by atoms with Crippen molar-refractivity contribution < 1.29 is 24.2 Å². The molecule has 1 aromatic carbocycles. The number of hydrogen-bond donors (Lipinski definition) is 3. The molecule has 1 aliphatic heterocycles. The summed E-state index contributed by atoms with van der Waals surface area (Å²) in [5, 5.41) is 20.9. The SMILES string of the molecule is O=C(O)CCC(Cc1ccccc1)NC(=O)N1CCCC(F)(CO)C1. The molecule has 2 unspecified atom stereocenters. The summed E-state index contributed by atoms with van der Waals surface area (Å²) in [7, 11) is 0. The molecule has 2 rings (SSSR count). The minimum atomic E-state index is -1.76. The van der Waals surface area contributed by atoms with Gasteiger partial charge in [-0.05, 0) is 31.2 Å². The van der Waals surface area contributed by atoms with Gasteiger partial charge in [-0.2, -0.15) is 0 Å². The van der Waals surface area contributed by atoms with Crippen LogP contribution in [0.2, 0.25) is 0 Å². The first-order chi connectivity index (χ1) is 11.9. The van der Waals surface area contributed by atoms with E-state index in [0.29, 0.717) is 25.8 Å². The number of halogens is 1. The summed E-state index contributed by atoms with van der Waals surface area (Å²) in [6, 6.07) is 8.72. The molecule has 0 aliphatic carbocycles. The highest BCUT2D eigenvalue weighted by Crippen LogP contribution is 2.24. The molecule has 0 radical (unpaired) electrons. The third-order valence-corrected chi connectivity index (χ3v) is 4.46. The van der Waals surface area contributed by atoms with Crippen LogP contribution in [-0.2, 0) is 11.2 Å². The van der Waals surface area contributed by atoms with Crippen molar-refractivity contribution in [2.24, 2.45) is 0 Å². The normalized spacial score (nSPS) is 21.6. The van der Waals surface area contributed by atoms with Crippen LogP contribution in [0.15, 0.2) is 30.3 Å². The van der Waals surface area contributed by atoms with Crippen LogP contribution in [0, 0.1) is 0 Å². The van der Waals surface area contributed by atoms with Gasteiger partial charge in [0, 0.05) is 19.0 Å². The van der Waals surface area contributed by atoms with Gasteiger partial charge in [-0.1, -0.05) is 30.3 Å². The predicted molar refractivity (Wildman–Crippen MR) is 91.1 cm³/mol. The molecule has 2 amide bonds. The predicted octanol–water partition coefficient (Wildman–Crippen LogP) is 1.97. The first-order valence-corrected chi connectivity index (χ1v) is 8.53. The number of likely N-dealkylation sites (tertiary alicyclic amines) is 1. The Morgan fingerprint density at radius 2 is 2.04 bits per heavy atom. The number of carbonyl (C=O) groups is 2. The smallest absolute Gasteiger partial charge is 0.317 e. The molecule has 1 saturated heterocycles. The van der Waals surface area contributed by atoms with E-state index in [2.05, 4.69) is 5.32 Å². The molecule has 0 aromatic heterocycles. The number of urea groups is 1. The van der Waals surface area contributed by atoms with E-state index in [1.807, 2.05) is 30.3 Å². The Kier molecular flexibility index (Phi) is 6.75. The van der Waals surface area contributed by atoms with Crippen molar-refractivity contribution in [3.05, 3.63) is 35.9 Å². The Balaban J connectivity index is 1.99. The van der Waals surface area contributed by atoms with Gasteiger partial charge >= 0.3 is 12.0 Å². The number of carbonyl (C=O) groups excluding carboxylic acids is 1. The molecular formula is C18H25FN2O4. The molecule has 1 heterocycles. The van der Waals surface area contributed by atoms with E-state index >= 15 is 0 Å². The topological polar surface area (TPSA) is 89.9 Å². The number of carboxylic acid groups (broad SMARTS) is 1. The van der Waals surface area contributed by atoms with Gasteiger partial charge in [-0.3, -0.25) is 4.79 Å². The molecule has 138 valence electrons. The first-order valence-electron chi connectivity index (χ1n) is 8.53. The lowest BCUT2D eigenvalue weighted by Crippen LogP contribution is -2.54. The van der Waals surface area contributed by atoms with Crippen molar-refractivity contribution in [3.8, 4) is 0 Å². The van der Waals surface area contributed by atoms with Crippen LogP contribution in [0.5, 0.6) is 0 Å². The second-order valence-corrected chi connectivity index (χ2v) is 6.60. The number of rotatable bonds is 7. The molecule has 25 heavy (non-hydrogen) atoms. The zero-order valence-corrected chi connectivity index (χ0v) is 14.2. The fourth-order valence-electron chi connectivity index (χ4n) is 3.08. The minimum absolute atomic E-state index is 0.0541. The van der Waals surface area contributed by atoms with Gasteiger partial charge in [0.15, 0.2) is 5.67 Å². The molecule has 0 saturated carbocycles. The average Bonchev–Trinajstić information content (AvgIpc) is 2.60. The van der Waals surface area contributed by atoms with Gasteiger partial charge in [0.25, 0.3) is 0 Å². The number of alkyl halides is 1. The van der Waals surface area contributed by atoms with E-state index in [1.165, 1.54) is 4.90 Å². The number of carboxylic acids is 1. The fourth-order valence-corrected chi connectivity index (χ4v) is 3.08. The highest BCUT2D eigenvalue weighted by atomic mass is 19.1.